The largest absolute Gasteiger partial charge is 0.357 e. The van der Waals surface area contributed by atoms with E-state index in [-0.39, 0.29) is 24.0 Å². The average Bonchev–Trinajstić information content (AvgIpc) is 2.98. The summed E-state index contributed by atoms with van der Waals surface area (Å²) in [7, 11) is 3.97. The molecule has 0 atom stereocenters. The van der Waals surface area contributed by atoms with Crippen molar-refractivity contribution in [2.75, 3.05) is 20.1 Å². The van der Waals surface area contributed by atoms with E-state index in [1.54, 1.807) is 0 Å². The zero-order valence-electron chi connectivity index (χ0n) is 15.1. The average molecular weight is 476 g/mol. The molecule has 0 fully saturated rings. The summed E-state index contributed by atoms with van der Waals surface area (Å²) in [6.07, 6.45) is 5.96. The Bertz CT molecular complexity index is 671. The Kier molecular flexibility index (Phi) is 9.89. The van der Waals surface area contributed by atoms with E-state index in [0.29, 0.717) is 0 Å². The highest BCUT2D eigenvalue weighted by atomic mass is 127. The van der Waals surface area contributed by atoms with Crippen LogP contribution in [0.1, 0.15) is 24.5 Å². The van der Waals surface area contributed by atoms with E-state index in [2.05, 4.69) is 28.4 Å². The summed E-state index contributed by atoms with van der Waals surface area (Å²) in [6, 6.07) is 7.92. The molecule has 2 aromatic rings. The van der Waals surface area contributed by atoms with E-state index in [0.717, 1.165) is 49.0 Å². The van der Waals surface area contributed by atoms with E-state index in [1.165, 1.54) is 5.56 Å². The maximum absolute atomic E-state index is 6.25. The molecule has 7 heteroatoms. The van der Waals surface area contributed by atoms with E-state index in [9.17, 15) is 0 Å². The number of aryl methyl sites for hydroxylation is 2. The Hall–Kier alpha value is -1.28. The molecule has 0 saturated carbocycles. The van der Waals surface area contributed by atoms with Gasteiger partial charge in [-0.25, -0.2) is 0 Å². The summed E-state index contributed by atoms with van der Waals surface area (Å²) in [5, 5.41) is 8.32. The third kappa shape index (κ3) is 7.23. The van der Waals surface area contributed by atoms with E-state index in [1.807, 2.05) is 49.2 Å². The highest BCUT2D eigenvalue weighted by Gasteiger charge is 2.08. The Labute approximate surface area is 172 Å². The third-order valence-corrected chi connectivity index (χ3v) is 4.07. The topological polar surface area (TPSA) is 45.5 Å². The van der Waals surface area contributed by atoms with Gasteiger partial charge in [0.25, 0.3) is 0 Å². The second kappa shape index (κ2) is 11.4. The zero-order chi connectivity index (χ0) is 17.4. The number of nitrogens with one attached hydrogen (secondary N) is 1. The van der Waals surface area contributed by atoms with Crippen molar-refractivity contribution < 1.29 is 0 Å². The third-order valence-electron chi connectivity index (χ3n) is 3.71. The van der Waals surface area contributed by atoms with Crippen molar-refractivity contribution in [3.05, 3.63) is 52.8 Å². The Balaban J connectivity index is 0.00000312. The molecular formula is C18H27ClIN5. The predicted octanol–water partition coefficient (Wildman–Crippen LogP) is 3.72. The van der Waals surface area contributed by atoms with Crippen LogP contribution in [0, 0.1) is 0 Å². The lowest BCUT2D eigenvalue weighted by molar-refractivity contribution is 0.476. The first-order valence-corrected chi connectivity index (χ1v) is 8.68. The summed E-state index contributed by atoms with van der Waals surface area (Å²) in [4.78, 5) is 6.83. The quantitative estimate of drug-likeness (QED) is 0.287. The maximum Gasteiger partial charge on any atom is 0.193 e. The number of hydrogen-bond acceptors (Lipinski definition) is 2. The normalized spacial score (nSPS) is 11.1. The van der Waals surface area contributed by atoms with E-state index in [4.69, 9.17) is 16.6 Å². The van der Waals surface area contributed by atoms with Crippen molar-refractivity contribution >= 4 is 41.5 Å². The highest BCUT2D eigenvalue weighted by molar-refractivity contribution is 14.0. The van der Waals surface area contributed by atoms with Crippen molar-refractivity contribution in [1.29, 1.82) is 0 Å². The van der Waals surface area contributed by atoms with Crippen molar-refractivity contribution in [1.82, 2.24) is 20.0 Å². The minimum Gasteiger partial charge on any atom is -0.357 e. The second-order valence-electron chi connectivity index (χ2n) is 5.81. The van der Waals surface area contributed by atoms with Gasteiger partial charge in [0.15, 0.2) is 5.96 Å². The first-order valence-electron chi connectivity index (χ1n) is 8.30. The summed E-state index contributed by atoms with van der Waals surface area (Å²) in [6.45, 7) is 4.43. The molecule has 1 N–H and O–H groups in total. The Morgan fingerprint density at radius 1 is 1.36 bits per heavy atom. The fourth-order valence-electron chi connectivity index (χ4n) is 2.50. The number of aromatic nitrogens is 2. The summed E-state index contributed by atoms with van der Waals surface area (Å²) in [5.74, 6) is 0.906. The molecule has 0 aliphatic heterocycles. The van der Waals surface area contributed by atoms with Crippen LogP contribution in [0.5, 0.6) is 0 Å². The molecule has 1 heterocycles. The van der Waals surface area contributed by atoms with Gasteiger partial charge in [0.05, 0.1) is 6.20 Å². The van der Waals surface area contributed by atoms with Gasteiger partial charge in [0, 0.05) is 44.9 Å². The molecular weight excluding hydrogens is 449 g/mol. The molecule has 0 aliphatic rings. The van der Waals surface area contributed by atoms with Crippen LogP contribution < -0.4 is 5.32 Å². The van der Waals surface area contributed by atoms with Crippen LogP contribution in [0.3, 0.4) is 0 Å². The fourth-order valence-corrected chi connectivity index (χ4v) is 2.69. The van der Waals surface area contributed by atoms with Crippen LogP contribution in [0.25, 0.3) is 0 Å². The summed E-state index contributed by atoms with van der Waals surface area (Å²) < 4.78 is 1.83. The number of guanidine groups is 1. The smallest absolute Gasteiger partial charge is 0.193 e. The standard InChI is InChI=1S/C18H26ClN5.HI/c1-4-20-18(21-11-7-8-15-12-22-24(3)13-15)23(2)14-16-9-5-6-10-17(16)19;/h5-6,9-10,12-13H,4,7-8,11,14H2,1-3H3,(H,20,21);1H. The van der Waals surface area contributed by atoms with Crippen LogP contribution in [0.4, 0.5) is 0 Å². The first kappa shape index (κ1) is 21.8. The molecule has 2 rings (SSSR count). The molecule has 0 unspecified atom stereocenters. The molecule has 0 bridgehead atoms. The Morgan fingerprint density at radius 2 is 2.12 bits per heavy atom. The molecule has 1 aromatic carbocycles. The molecule has 0 saturated heterocycles. The summed E-state index contributed by atoms with van der Waals surface area (Å²) >= 11 is 6.25. The number of nitrogens with zero attached hydrogens (tertiary/aromatic N) is 4. The van der Waals surface area contributed by atoms with E-state index < -0.39 is 0 Å². The van der Waals surface area contributed by atoms with Crippen molar-refractivity contribution in [3.8, 4) is 0 Å². The second-order valence-corrected chi connectivity index (χ2v) is 6.22. The van der Waals surface area contributed by atoms with Crippen molar-refractivity contribution in [2.24, 2.45) is 12.0 Å². The highest BCUT2D eigenvalue weighted by Crippen LogP contribution is 2.16. The van der Waals surface area contributed by atoms with Gasteiger partial charge < -0.3 is 10.2 Å². The zero-order valence-corrected chi connectivity index (χ0v) is 18.2. The fraction of sp³-hybridized carbons (Fsp3) is 0.444. The van der Waals surface area contributed by atoms with Gasteiger partial charge in [-0.3, -0.25) is 9.67 Å². The number of rotatable bonds is 7. The van der Waals surface area contributed by atoms with Crippen LogP contribution in [0.2, 0.25) is 5.02 Å². The van der Waals surface area contributed by atoms with Gasteiger partial charge in [0.1, 0.15) is 0 Å². The van der Waals surface area contributed by atoms with Gasteiger partial charge in [-0.2, -0.15) is 5.10 Å². The number of aliphatic imine (C=N–C) groups is 1. The van der Waals surface area contributed by atoms with Gasteiger partial charge >= 0.3 is 0 Å². The Morgan fingerprint density at radius 3 is 2.76 bits per heavy atom. The van der Waals surface area contributed by atoms with Gasteiger partial charge in [-0.15, -0.1) is 24.0 Å². The molecule has 138 valence electrons. The minimum absolute atomic E-state index is 0. The van der Waals surface area contributed by atoms with Crippen LogP contribution in [-0.4, -0.2) is 40.8 Å². The number of benzene rings is 1. The molecule has 1 aromatic heterocycles. The monoisotopic (exact) mass is 475 g/mol. The molecule has 0 spiro atoms. The molecule has 25 heavy (non-hydrogen) atoms. The van der Waals surface area contributed by atoms with Gasteiger partial charge in [-0.1, -0.05) is 29.8 Å². The van der Waals surface area contributed by atoms with Crippen LogP contribution in [-0.2, 0) is 20.0 Å². The molecule has 5 nitrogen and oxygen atoms in total. The molecule has 0 radical (unpaired) electrons. The SMILES string of the molecule is CCNC(=NCCCc1cnn(C)c1)N(C)Cc1ccccc1Cl.I. The van der Waals surface area contributed by atoms with Crippen molar-refractivity contribution in [2.45, 2.75) is 26.3 Å². The van der Waals surface area contributed by atoms with Crippen molar-refractivity contribution in [3.63, 3.8) is 0 Å². The maximum atomic E-state index is 6.25. The molecule has 0 aliphatic carbocycles. The molecule has 0 amide bonds. The first-order chi connectivity index (χ1) is 11.6. The van der Waals surface area contributed by atoms with Crippen LogP contribution >= 0.6 is 35.6 Å². The van der Waals surface area contributed by atoms with Gasteiger partial charge in [-0.05, 0) is 37.0 Å². The predicted molar refractivity (Wildman–Crippen MR) is 116 cm³/mol. The minimum atomic E-state index is 0. The summed E-state index contributed by atoms with van der Waals surface area (Å²) in [5.41, 5.74) is 2.35. The van der Waals surface area contributed by atoms with Crippen LogP contribution in [0.15, 0.2) is 41.7 Å². The number of halogens is 2. The van der Waals surface area contributed by atoms with Gasteiger partial charge in [0.2, 0.25) is 0 Å². The lowest BCUT2D eigenvalue weighted by atomic mass is 10.2. The lowest BCUT2D eigenvalue weighted by Gasteiger charge is -2.22. The lowest BCUT2D eigenvalue weighted by Crippen LogP contribution is -2.38. The van der Waals surface area contributed by atoms with E-state index >= 15 is 0 Å². The number of hydrogen-bond donors (Lipinski definition) is 1.